The van der Waals surface area contributed by atoms with E-state index in [1.807, 2.05) is 91.3 Å². The average Bonchev–Trinajstić information content (AvgIpc) is 3.49. The van der Waals surface area contributed by atoms with Gasteiger partial charge in [-0.05, 0) is 41.3 Å². The number of nitrogens with zero attached hydrogens (tertiary/aromatic N) is 2. The van der Waals surface area contributed by atoms with Crippen molar-refractivity contribution < 1.29 is 28.9 Å². The van der Waals surface area contributed by atoms with Crippen LogP contribution in [0.4, 0.5) is 0 Å². The minimum Gasteiger partial charge on any atom is -0.453 e. The van der Waals surface area contributed by atoms with E-state index in [1.54, 1.807) is 0 Å². The van der Waals surface area contributed by atoms with E-state index in [9.17, 15) is 14.7 Å². The molecule has 6 rings (SSSR count). The van der Waals surface area contributed by atoms with Crippen LogP contribution in [0.25, 0.3) is 11.0 Å². The predicted molar refractivity (Wildman–Crippen MR) is 172 cm³/mol. The number of amides is 1. The summed E-state index contributed by atoms with van der Waals surface area (Å²) in [7, 11) is 0. The van der Waals surface area contributed by atoms with Crippen LogP contribution in [0.1, 0.15) is 60.0 Å². The Kier molecular flexibility index (Phi) is 9.54. The van der Waals surface area contributed by atoms with E-state index in [-0.39, 0.29) is 37.2 Å². The highest BCUT2D eigenvalue weighted by atomic mass is 16.7. The lowest BCUT2D eigenvalue weighted by molar-refractivity contribution is -0.263. The molecule has 5 unspecified atom stereocenters. The van der Waals surface area contributed by atoms with Crippen LogP contribution in [0.3, 0.4) is 0 Å². The number of ether oxygens (including phenoxy) is 3. The fourth-order valence-electron chi connectivity index (χ4n) is 5.94. The number of aliphatic hydroxyl groups excluding tert-OH is 1. The van der Waals surface area contributed by atoms with Crippen LogP contribution in [-0.2, 0) is 43.5 Å². The van der Waals surface area contributed by atoms with Gasteiger partial charge in [-0.15, -0.1) is 0 Å². The first kappa shape index (κ1) is 31.2. The van der Waals surface area contributed by atoms with Crippen LogP contribution in [0.5, 0.6) is 0 Å². The molecule has 5 aromatic rings. The number of para-hydroxylation sites is 2. The number of fused-ring (bicyclic) bond motifs is 1. The maximum atomic E-state index is 12.3. The van der Waals surface area contributed by atoms with Crippen molar-refractivity contribution in [3.05, 3.63) is 137 Å². The fourth-order valence-corrected chi connectivity index (χ4v) is 5.94. The number of carbonyl (C=O) groups excluding carboxylic acids is 2. The van der Waals surface area contributed by atoms with Crippen LogP contribution in [0.15, 0.2) is 109 Å². The van der Waals surface area contributed by atoms with Gasteiger partial charge in [-0.2, -0.15) is 0 Å². The largest absolute Gasteiger partial charge is 0.453 e. The third kappa shape index (κ3) is 7.02. The summed E-state index contributed by atoms with van der Waals surface area (Å²) in [6.45, 7) is 3.61. The van der Waals surface area contributed by atoms with Gasteiger partial charge in [-0.25, -0.2) is 4.98 Å². The maximum absolute atomic E-state index is 12.3. The normalized spacial score (nSPS) is 20.2. The van der Waals surface area contributed by atoms with Crippen LogP contribution in [0, 0.1) is 0 Å². The van der Waals surface area contributed by atoms with E-state index < -0.39 is 18.4 Å². The van der Waals surface area contributed by atoms with Crippen molar-refractivity contribution in [1.82, 2.24) is 14.9 Å². The quantitative estimate of drug-likeness (QED) is 0.192. The first-order chi connectivity index (χ1) is 22.4. The predicted octanol–water partition coefficient (Wildman–Crippen LogP) is 5.74. The van der Waals surface area contributed by atoms with Gasteiger partial charge in [0.05, 0.1) is 42.7 Å². The Labute approximate surface area is 267 Å². The lowest BCUT2D eigenvalue weighted by atomic mass is 9.83. The van der Waals surface area contributed by atoms with E-state index in [0.717, 1.165) is 38.9 Å². The Morgan fingerprint density at radius 2 is 1.54 bits per heavy atom. The number of nitrogens with one attached hydrogen (secondary N) is 1. The smallest absolute Gasteiger partial charge is 0.303 e. The zero-order valence-corrected chi connectivity index (χ0v) is 25.8. The molecule has 0 aliphatic carbocycles. The summed E-state index contributed by atoms with van der Waals surface area (Å²) >= 11 is 0. The second-order valence-corrected chi connectivity index (χ2v) is 11.5. The van der Waals surface area contributed by atoms with E-state index in [2.05, 4.69) is 33.1 Å². The van der Waals surface area contributed by atoms with Crippen molar-refractivity contribution >= 4 is 22.9 Å². The summed E-state index contributed by atoms with van der Waals surface area (Å²) in [4.78, 5) is 28.1. The molecule has 1 aromatic heterocycles. The molecule has 1 aliphatic rings. The lowest BCUT2D eigenvalue weighted by Crippen LogP contribution is -2.39. The van der Waals surface area contributed by atoms with E-state index in [0.29, 0.717) is 6.54 Å². The Hall–Kier alpha value is -4.83. The summed E-state index contributed by atoms with van der Waals surface area (Å²) in [5, 5.41) is 12.5. The Balaban J connectivity index is 1.31. The van der Waals surface area contributed by atoms with E-state index >= 15 is 0 Å². The number of esters is 1. The monoisotopic (exact) mass is 619 g/mol. The van der Waals surface area contributed by atoms with Gasteiger partial charge in [-0.3, -0.25) is 9.59 Å². The van der Waals surface area contributed by atoms with Crippen molar-refractivity contribution in [2.24, 2.45) is 0 Å². The molecule has 4 aromatic carbocycles. The Bertz CT molecular complexity index is 1770. The minimum absolute atomic E-state index is 0.0363. The number of imidazole rings is 1. The van der Waals surface area contributed by atoms with Gasteiger partial charge in [0.2, 0.25) is 0 Å². The van der Waals surface area contributed by atoms with Gasteiger partial charge >= 0.3 is 5.97 Å². The van der Waals surface area contributed by atoms with Gasteiger partial charge in [0.15, 0.2) is 12.4 Å². The zero-order chi connectivity index (χ0) is 32.0. The first-order valence-corrected chi connectivity index (χ1v) is 15.4. The van der Waals surface area contributed by atoms with Crippen LogP contribution >= 0.6 is 0 Å². The first-order valence-electron chi connectivity index (χ1n) is 15.4. The lowest BCUT2D eigenvalue weighted by Gasteiger charge is -2.43. The molecule has 9 heteroatoms. The standard InChI is InChI=1S/C37H37N3O6/c1-24(44-25(2)42)36(43)38-20-26-12-18-30(19-13-26)37-45-33(21-40-23-39-31-10-6-7-11-32(31)40)34(28-8-4-3-5-9-28)35(46-37)29-16-14-27(22-41)15-17-29/h3-19,23-24,33-35,37,41H,20-22H2,1-2H3,(H,38,43). The number of rotatable bonds is 10. The van der Waals surface area contributed by atoms with Gasteiger partial charge < -0.3 is 29.2 Å². The van der Waals surface area contributed by atoms with Crippen LogP contribution < -0.4 is 5.32 Å². The minimum atomic E-state index is -0.869. The molecule has 1 aliphatic heterocycles. The number of hydrogen-bond donors (Lipinski definition) is 2. The maximum Gasteiger partial charge on any atom is 0.303 e. The van der Waals surface area contributed by atoms with Crippen molar-refractivity contribution in [3.63, 3.8) is 0 Å². The van der Waals surface area contributed by atoms with Crippen LogP contribution in [0.2, 0.25) is 0 Å². The molecule has 9 nitrogen and oxygen atoms in total. The van der Waals surface area contributed by atoms with Crippen LogP contribution in [-0.4, -0.2) is 38.7 Å². The molecule has 2 heterocycles. The second kappa shape index (κ2) is 14.1. The van der Waals surface area contributed by atoms with Gasteiger partial charge in [0, 0.05) is 24.9 Å². The van der Waals surface area contributed by atoms with E-state index in [1.165, 1.54) is 13.8 Å². The molecule has 0 bridgehead atoms. The molecule has 2 N–H and O–H groups in total. The third-order valence-electron chi connectivity index (χ3n) is 8.31. The molecular weight excluding hydrogens is 582 g/mol. The fraction of sp³-hybridized carbons (Fsp3) is 0.270. The number of aliphatic hydroxyl groups is 1. The second-order valence-electron chi connectivity index (χ2n) is 11.5. The van der Waals surface area contributed by atoms with Crippen molar-refractivity contribution in [2.75, 3.05) is 0 Å². The Morgan fingerprint density at radius 3 is 2.26 bits per heavy atom. The molecule has 0 spiro atoms. The van der Waals surface area contributed by atoms with Crippen molar-refractivity contribution in [1.29, 1.82) is 0 Å². The molecule has 1 saturated heterocycles. The molecule has 1 amide bonds. The number of hydrogen-bond acceptors (Lipinski definition) is 7. The molecule has 1 fully saturated rings. The number of aromatic nitrogens is 2. The topological polar surface area (TPSA) is 112 Å². The van der Waals surface area contributed by atoms with Gasteiger partial charge in [0.25, 0.3) is 5.91 Å². The highest BCUT2D eigenvalue weighted by Crippen LogP contribution is 2.47. The van der Waals surface area contributed by atoms with Gasteiger partial charge in [-0.1, -0.05) is 91.0 Å². The zero-order valence-electron chi connectivity index (χ0n) is 25.8. The molecule has 236 valence electrons. The molecular formula is C37H37N3O6. The summed E-state index contributed by atoms with van der Waals surface area (Å²) in [5.74, 6) is -1.02. The molecule has 0 saturated carbocycles. The number of benzene rings is 4. The molecule has 5 atom stereocenters. The SMILES string of the molecule is CC(=O)OC(C)C(=O)NCc1ccc(C2OC(Cn3cnc4ccccc43)C(c3ccccc3)C(c3ccc(CO)cc3)O2)cc1. The molecule has 0 radical (unpaired) electrons. The molecule has 46 heavy (non-hydrogen) atoms. The highest BCUT2D eigenvalue weighted by Gasteiger charge is 2.42. The average molecular weight is 620 g/mol. The third-order valence-corrected chi connectivity index (χ3v) is 8.31. The Morgan fingerprint density at radius 1 is 0.870 bits per heavy atom. The summed E-state index contributed by atoms with van der Waals surface area (Å²) in [5.41, 5.74) is 6.58. The van der Waals surface area contributed by atoms with Crippen molar-refractivity contribution in [2.45, 2.75) is 64.1 Å². The van der Waals surface area contributed by atoms with E-state index in [4.69, 9.17) is 14.2 Å². The summed E-state index contributed by atoms with van der Waals surface area (Å²) < 4.78 is 20.8. The summed E-state index contributed by atoms with van der Waals surface area (Å²) in [6, 6.07) is 33.9. The van der Waals surface area contributed by atoms with Crippen molar-refractivity contribution in [3.8, 4) is 0 Å². The number of carbonyl (C=O) groups is 2. The summed E-state index contributed by atoms with van der Waals surface area (Å²) in [6.07, 6.45) is -0.323. The van der Waals surface area contributed by atoms with Gasteiger partial charge in [0.1, 0.15) is 0 Å². The highest BCUT2D eigenvalue weighted by molar-refractivity contribution is 5.82.